The van der Waals surface area contributed by atoms with Crippen LogP contribution < -0.4 is 11.3 Å². The normalized spacial score (nSPS) is 16.5. The van der Waals surface area contributed by atoms with Crippen LogP contribution >= 0.6 is 12.4 Å². The summed E-state index contributed by atoms with van der Waals surface area (Å²) in [5.41, 5.74) is 6.35. The Kier molecular flexibility index (Phi) is 3.47. The number of hydrogen-bond donors (Lipinski definition) is 1. The Morgan fingerprint density at radius 1 is 1.42 bits per heavy atom. The summed E-state index contributed by atoms with van der Waals surface area (Å²) in [6.07, 6.45) is 4.54. The lowest BCUT2D eigenvalue weighted by molar-refractivity contribution is 0.229. The van der Waals surface area contributed by atoms with Crippen molar-refractivity contribution in [2.24, 2.45) is 12.8 Å². The van der Waals surface area contributed by atoms with Crippen LogP contribution in [0, 0.1) is 0 Å². The quantitative estimate of drug-likeness (QED) is 0.894. The molecule has 0 radical (unpaired) electrons. The molecule has 6 nitrogen and oxygen atoms in total. The minimum absolute atomic E-state index is 0. The predicted octanol–water partition coefficient (Wildman–Crippen LogP) is 1.20. The van der Waals surface area contributed by atoms with Gasteiger partial charge in [-0.3, -0.25) is 4.79 Å². The van der Waals surface area contributed by atoms with Gasteiger partial charge < -0.3 is 14.8 Å². The molecule has 102 valence electrons. The van der Waals surface area contributed by atoms with Gasteiger partial charge in [0.15, 0.2) is 5.82 Å². The molecule has 0 spiro atoms. The summed E-state index contributed by atoms with van der Waals surface area (Å²) in [6.45, 7) is 0. The maximum atomic E-state index is 11.3. The zero-order chi connectivity index (χ0) is 12.8. The smallest absolute Gasteiger partial charge is 0.259 e. The lowest BCUT2D eigenvalue weighted by Crippen LogP contribution is -2.44. The van der Waals surface area contributed by atoms with Crippen molar-refractivity contribution in [3.05, 3.63) is 34.5 Å². The molecule has 19 heavy (non-hydrogen) atoms. The number of halogens is 1. The second kappa shape index (κ2) is 4.79. The van der Waals surface area contributed by atoms with Crippen LogP contribution in [-0.2, 0) is 12.6 Å². The van der Waals surface area contributed by atoms with Gasteiger partial charge >= 0.3 is 0 Å². The van der Waals surface area contributed by atoms with Crippen LogP contribution in [0.5, 0.6) is 0 Å². The molecule has 2 heterocycles. The summed E-state index contributed by atoms with van der Waals surface area (Å²) < 4.78 is 6.68. The Morgan fingerprint density at radius 2 is 2.16 bits per heavy atom. The van der Waals surface area contributed by atoms with E-state index in [-0.39, 0.29) is 18.0 Å². The Hall–Kier alpha value is -1.66. The molecule has 2 N–H and O–H groups in total. The maximum Gasteiger partial charge on any atom is 0.259 e. The molecule has 3 rings (SSSR count). The van der Waals surface area contributed by atoms with Crippen molar-refractivity contribution in [1.82, 2.24) is 14.7 Å². The maximum absolute atomic E-state index is 11.3. The monoisotopic (exact) mass is 282 g/mol. The van der Waals surface area contributed by atoms with Gasteiger partial charge in [-0.2, -0.15) is 4.98 Å². The molecule has 2 aromatic heterocycles. The Balaban J connectivity index is 0.00000133. The number of rotatable bonds is 2. The van der Waals surface area contributed by atoms with Crippen molar-refractivity contribution in [3.63, 3.8) is 0 Å². The van der Waals surface area contributed by atoms with Gasteiger partial charge in [-0.1, -0.05) is 5.16 Å². The van der Waals surface area contributed by atoms with E-state index in [1.165, 1.54) is 10.6 Å². The van der Waals surface area contributed by atoms with Crippen molar-refractivity contribution in [3.8, 4) is 11.5 Å². The van der Waals surface area contributed by atoms with Crippen LogP contribution in [0.2, 0.25) is 0 Å². The molecule has 0 saturated heterocycles. The number of nitrogens with zero attached hydrogens (tertiary/aromatic N) is 3. The highest BCUT2D eigenvalue weighted by molar-refractivity contribution is 5.85. The van der Waals surface area contributed by atoms with Crippen LogP contribution in [0.15, 0.2) is 27.6 Å². The Labute approximate surface area is 116 Å². The number of pyridine rings is 1. The first-order valence-electron chi connectivity index (χ1n) is 5.89. The summed E-state index contributed by atoms with van der Waals surface area (Å²) in [5.74, 6) is 0.954. The molecule has 1 saturated carbocycles. The molecule has 7 heteroatoms. The van der Waals surface area contributed by atoms with E-state index in [4.69, 9.17) is 10.3 Å². The number of aromatic nitrogens is 3. The van der Waals surface area contributed by atoms with Gasteiger partial charge in [-0.15, -0.1) is 12.4 Å². The average Bonchev–Trinajstić information content (AvgIpc) is 2.79. The number of nitrogens with two attached hydrogens (primary N) is 1. The van der Waals surface area contributed by atoms with E-state index < -0.39 is 5.54 Å². The summed E-state index contributed by atoms with van der Waals surface area (Å²) in [6, 6.07) is 3.14. The summed E-state index contributed by atoms with van der Waals surface area (Å²) in [7, 11) is 1.68. The first kappa shape index (κ1) is 13.8. The fraction of sp³-hybridized carbons (Fsp3) is 0.417. The molecule has 0 aromatic carbocycles. The second-order valence-corrected chi connectivity index (χ2v) is 4.80. The third kappa shape index (κ3) is 2.29. The Morgan fingerprint density at radius 3 is 2.74 bits per heavy atom. The van der Waals surface area contributed by atoms with Crippen LogP contribution in [0.25, 0.3) is 11.5 Å². The topological polar surface area (TPSA) is 86.9 Å². The van der Waals surface area contributed by atoms with Crippen LogP contribution in [0.3, 0.4) is 0 Å². The molecule has 1 aliphatic carbocycles. The highest BCUT2D eigenvalue weighted by atomic mass is 35.5. The number of hydrogen-bond acceptors (Lipinski definition) is 5. The van der Waals surface area contributed by atoms with E-state index in [0.717, 1.165) is 24.8 Å². The fourth-order valence-corrected chi connectivity index (χ4v) is 2.04. The van der Waals surface area contributed by atoms with Crippen molar-refractivity contribution in [1.29, 1.82) is 0 Å². The molecular formula is C12H15ClN4O2. The van der Waals surface area contributed by atoms with Gasteiger partial charge in [-0.05, 0) is 25.3 Å². The first-order valence-corrected chi connectivity index (χ1v) is 5.89. The zero-order valence-corrected chi connectivity index (χ0v) is 11.3. The van der Waals surface area contributed by atoms with E-state index in [1.807, 2.05) is 0 Å². The minimum atomic E-state index is -0.428. The van der Waals surface area contributed by atoms with Gasteiger partial charge in [0, 0.05) is 19.3 Å². The molecular weight excluding hydrogens is 268 g/mol. The average molecular weight is 283 g/mol. The molecule has 0 aliphatic heterocycles. The summed E-state index contributed by atoms with van der Waals surface area (Å²) in [5, 5.41) is 3.94. The highest BCUT2D eigenvalue weighted by Crippen LogP contribution is 2.37. The largest absolute Gasteiger partial charge is 0.334 e. The molecule has 0 bridgehead atoms. The minimum Gasteiger partial charge on any atom is -0.334 e. The van der Waals surface area contributed by atoms with Gasteiger partial charge in [0.25, 0.3) is 5.89 Å². The van der Waals surface area contributed by atoms with Crippen molar-refractivity contribution in [2.45, 2.75) is 24.8 Å². The third-order valence-corrected chi connectivity index (χ3v) is 3.45. The van der Waals surface area contributed by atoms with Crippen molar-refractivity contribution >= 4 is 12.4 Å². The van der Waals surface area contributed by atoms with Crippen LogP contribution in [-0.4, -0.2) is 14.7 Å². The van der Waals surface area contributed by atoms with Gasteiger partial charge in [-0.25, -0.2) is 0 Å². The SMILES string of the molecule is Cl.Cn1cc(-c2nc(C3(N)CCC3)no2)ccc1=O. The summed E-state index contributed by atoms with van der Waals surface area (Å²) >= 11 is 0. The molecule has 0 atom stereocenters. The van der Waals surface area contributed by atoms with Crippen LogP contribution in [0.1, 0.15) is 25.1 Å². The molecule has 2 aromatic rings. The van der Waals surface area contributed by atoms with E-state index in [2.05, 4.69) is 10.1 Å². The molecule has 0 amide bonds. The Bertz CT molecular complexity index is 645. The lowest BCUT2D eigenvalue weighted by atomic mass is 9.77. The van der Waals surface area contributed by atoms with Gasteiger partial charge in [0.1, 0.15) is 0 Å². The van der Waals surface area contributed by atoms with Crippen molar-refractivity contribution in [2.75, 3.05) is 0 Å². The zero-order valence-electron chi connectivity index (χ0n) is 10.5. The standard InChI is InChI=1S/C12H14N4O2.ClH/c1-16-7-8(3-4-9(16)17)10-14-11(15-18-10)12(13)5-2-6-12;/h3-4,7H,2,5-6,13H2,1H3;1H. The van der Waals surface area contributed by atoms with E-state index >= 15 is 0 Å². The van der Waals surface area contributed by atoms with Gasteiger partial charge in [0.05, 0.1) is 11.1 Å². The molecule has 0 unspecified atom stereocenters. The van der Waals surface area contributed by atoms with E-state index in [0.29, 0.717) is 11.7 Å². The fourth-order valence-electron chi connectivity index (χ4n) is 2.04. The van der Waals surface area contributed by atoms with Crippen LogP contribution in [0.4, 0.5) is 0 Å². The lowest BCUT2D eigenvalue weighted by Gasteiger charge is -2.34. The van der Waals surface area contributed by atoms with Crippen molar-refractivity contribution < 1.29 is 4.52 Å². The predicted molar refractivity (Wildman–Crippen MR) is 71.9 cm³/mol. The van der Waals surface area contributed by atoms with E-state index in [9.17, 15) is 4.79 Å². The second-order valence-electron chi connectivity index (χ2n) is 4.80. The van der Waals surface area contributed by atoms with Gasteiger partial charge in [0.2, 0.25) is 5.56 Å². The van der Waals surface area contributed by atoms with E-state index in [1.54, 1.807) is 19.3 Å². The third-order valence-electron chi connectivity index (χ3n) is 3.45. The molecule has 1 fully saturated rings. The summed E-state index contributed by atoms with van der Waals surface area (Å²) in [4.78, 5) is 15.6. The number of aryl methyl sites for hydroxylation is 1. The first-order chi connectivity index (χ1) is 8.58. The highest BCUT2D eigenvalue weighted by Gasteiger charge is 2.39. The molecule has 1 aliphatic rings.